The van der Waals surface area contributed by atoms with Crippen LogP contribution in [-0.2, 0) is 4.79 Å². The molecule has 0 atom stereocenters. The van der Waals surface area contributed by atoms with E-state index in [9.17, 15) is 29.3 Å². The molecule has 0 unspecified atom stereocenters. The first-order chi connectivity index (χ1) is 15.3. The van der Waals surface area contributed by atoms with Gasteiger partial charge in [0.25, 0.3) is 23.4 Å². The number of piperidine rings is 1. The normalized spacial score (nSPS) is 16.1. The highest BCUT2D eigenvalue weighted by atomic mass is 16.6. The topological polar surface area (TPSA) is 143 Å². The Morgan fingerprint density at radius 1 is 1.09 bits per heavy atom. The third-order valence-corrected chi connectivity index (χ3v) is 5.50. The van der Waals surface area contributed by atoms with Gasteiger partial charge in [0.15, 0.2) is 0 Å². The van der Waals surface area contributed by atoms with E-state index in [2.05, 4.69) is 10.3 Å². The number of imide groups is 1. The third-order valence-electron chi connectivity index (χ3n) is 5.50. The maximum atomic E-state index is 12.5. The second-order valence-corrected chi connectivity index (χ2v) is 7.53. The van der Waals surface area contributed by atoms with E-state index in [0.29, 0.717) is 31.6 Å². The van der Waals surface area contributed by atoms with Gasteiger partial charge >= 0.3 is 0 Å². The number of nitro groups is 1. The summed E-state index contributed by atoms with van der Waals surface area (Å²) in [5.74, 6) is -2.08. The van der Waals surface area contributed by atoms with Crippen LogP contribution in [0.4, 0.5) is 5.69 Å². The van der Waals surface area contributed by atoms with Crippen molar-refractivity contribution in [3.63, 3.8) is 0 Å². The summed E-state index contributed by atoms with van der Waals surface area (Å²) in [4.78, 5) is 66.7. The molecule has 11 heteroatoms. The highest BCUT2D eigenvalue weighted by Gasteiger charge is 2.38. The van der Waals surface area contributed by atoms with Gasteiger partial charge in [0.05, 0.1) is 16.1 Å². The highest BCUT2D eigenvalue weighted by Crippen LogP contribution is 2.26. The van der Waals surface area contributed by atoms with Crippen molar-refractivity contribution in [2.75, 3.05) is 19.6 Å². The fourth-order valence-corrected chi connectivity index (χ4v) is 3.83. The monoisotopic (exact) mass is 437 g/mol. The Labute approximate surface area is 182 Å². The zero-order chi connectivity index (χ0) is 22.8. The molecule has 0 radical (unpaired) electrons. The summed E-state index contributed by atoms with van der Waals surface area (Å²) in [7, 11) is 0. The summed E-state index contributed by atoms with van der Waals surface area (Å²) in [6, 6.07) is 8.33. The lowest BCUT2D eigenvalue weighted by molar-refractivity contribution is -0.384. The summed E-state index contributed by atoms with van der Waals surface area (Å²) < 4.78 is 0. The Kier molecular flexibility index (Phi) is 5.63. The maximum absolute atomic E-state index is 12.5. The molecule has 32 heavy (non-hydrogen) atoms. The fourth-order valence-electron chi connectivity index (χ4n) is 3.83. The van der Waals surface area contributed by atoms with Gasteiger partial charge in [0, 0.05) is 37.5 Å². The van der Waals surface area contributed by atoms with Crippen molar-refractivity contribution in [1.29, 1.82) is 0 Å². The standard InChI is InChI=1S/C21H19N5O6/c27-18(12-25-19(28)15-5-4-14(26(31)32)11-16(15)20(25)29)23-13-6-9-24(10-7-13)21(30)17-3-1-2-8-22-17/h1-5,8,11,13H,6-7,9-10,12H2,(H,23,27). The number of amides is 4. The molecule has 1 aromatic heterocycles. The van der Waals surface area contributed by atoms with Crippen molar-refractivity contribution in [1.82, 2.24) is 20.1 Å². The lowest BCUT2D eigenvalue weighted by Crippen LogP contribution is -2.49. The minimum absolute atomic E-state index is 0.0368. The van der Waals surface area contributed by atoms with Crippen molar-refractivity contribution in [3.05, 3.63) is 69.5 Å². The fraction of sp³-hybridized carbons (Fsp3) is 0.286. The number of pyridine rings is 1. The van der Waals surface area contributed by atoms with Crippen LogP contribution < -0.4 is 5.32 Å². The third kappa shape index (κ3) is 4.04. The summed E-state index contributed by atoms with van der Waals surface area (Å²) in [6.07, 6.45) is 2.61. The Hall–Kier alpha value is -4.15. The predicted molar refractivity (Wildman–Crippen MR) is 110 cm³/mol. The van der Waals surface area contributed by atoms with Crippen LogP contribution in [0.3, 0.4) is 0 Å². The average Bonchev–Trinajstić information content (AvgIpc) is 3.04. The Morgan fingerprint density at radius 2 is 1.81 bits per heavy atom. The SMILES string of the molecule is O=C(CN1C(=O)c2ccc([N+](=O)[O-])cc2C1=O)NC1CCN(C(=O)c2ccccn2)CC1. The number of hydrogen-bond acceptors (Lipinski definition) is 7. The van der Waals surface area contributed by atoms with E-state index in [-0.39, 0.29) is 28.8 Å². The smallest absolute Gasteiger partial charge is 0.272 e. The van der Waals surface area contributed by atoms with E-state index in [0.717, 1.165) is 17.0 Å². The summed E-state index contributed by atoms with van der Waals surface area (Å²) >= 11 is 0. The number of likely N-dealkylation sites (tertiary alicyclic amines) is 1. The van der Waals surface area contributed by atoms with Gasteiger partial charge in [-0.1, -0.05) is 6.07 Å². The van der Waals surface area contributed by atoms with Crippen LogP contribution >= 0.6 is 0 Å². The molecule has 1 fully saturated rings. The Bertz CT molecular complexity index is 1110. The zero-order valence-corrected chi connectivity index (χ0v) is 16.9. The van der Waals surface area contributed by atoms with Crippen molar-refractivity contribution < 1.29 is 24.1 Å². The molecule has 1 N–H and O–H groups in total. The lowest BCUT2D eigenvalue weighted by atomic mass is 10.0. The van der Waals surface area contributed by atoms with Crippen molar-refractivity contribution in [3.8, 4) is 0 Å². The number of hydrogen-bond donors (Lipinski definition) is 1. The zero-order valence-electron chi connectivity index (χ0n) is 16.9. The number of rotatable bonds is 5. The maximum Gasteiger partial charge on any atom is 0.272 e. The number of nitro benzene ring substituents is 1. The van der Waals surface area contributed by atoms with Crippen molar-refractivity contribution >= 4 is 29.3 Å². The lowest BCUT2D eigenvalue weighted by Gasteiger charge is -2.32. The molecule has 3 heterocycles. The van der Waals surface area contributed by atoms with Crippen LogP contribution in [0.15, 0.2) is 42.6 Å². The number of benzene rings is 1. The minimum Gasteiger partial charge on any atom is -0.352 e. The van der Waals surface area contributed by atoms with Crippen LogP contribution in [0, 0.1) is 10.1 Å². The largest absolute Gasteiger partial charge is 0.352 e. The molecule has 4 rings (SSSR count). The molecular formula is C21H19N5O6. The average molecular weight is 437 g/mol. The number of nitrogens with one attached hydrogen (secondary N) is 1. The molecule has 1 aromatic carbocycles. The first-order valence-corrected chi connectivity index (χ1v) is 9.99. The molecule has 1 saturated heterocycles. The predicted octanol–water partition coefficient (Wildman–Crippen LogP) is 1.01. The van der Waals surface area contributed by atoms with Crippen LogP contribution in [-0.4, -0.2) is 69.0 Å². The molecule has 0 saturated carbocycles. The van der Waals surface area contributed by atoms with Gasteiger partial charge in [-0.2, -0.15) is 0 Å². The van der Waals surface area contributed by atoms with E-state index in [1.807, 2.05) is 0 Å². The molecule has 4 amide bonds. The number of aromatic nitrogens is 1. The van der Waals surface area contributed by atoms with Crippen LogP contribution in [0.2, 0.25) is 0 Å². The second kappa shape index (κ2) is 8.53. The van der Waals surface area contributed by atoms with E-state index in [4.69, 9.17) is 0 Å². The number of nitrogens with zero attached hydrogens (tertiary/aromatic N) is 4. The molecule has 164 valence electrons. The molecular weight excluding hydrogens is 418 g/mol. The second-order valence-electron chi connectivity index (χ2n) is 7.53. The van der Waals surface area contributed by atoms with Gasteiger partial charge in [-0.25, -0.2) is 0 Å². The minimum atomic E-state index is -0.736. The number of carbonyl (C=O) groups excluding carboxylic acids is 4. The van der Waals surface area contributed by atoms with Gasteiger partial charge in [-0.3, -0.25) is 39.2 Å². The van der Waals surface area contributed by atoms with Crippen LogP contribution in [0.5, 0.6) is 0 Å². The van der Waals surface area contributed by atoms with Crippen molar-refractivity contribution in [2.24, 2.45) is 0 Å². The van der Waals surface area contributed by atoms with Gasteiger partial charge in [0.2, 0.25) is 5.91 Å². The van der Waals surface area contributed by atoms with Crippen LogP contribution in [0.25, 0.3) is 0 Å². The number of non-ortho nitro benzene ring substituents is 1. The van der Waals surface area contributed by atoms with Gasteiger partial charge in [-0.05, 0) is 31.0 Å². The molecule has 0 aliphatic carbocycles. The highest BCUT2D eigenvalue weighted by molar-refractivity contribution is 6.22. The van der Waals surface area contributed by atoms with Crippen LogP contribution in [0.1, 0.15) is 44.0 Å². The molecule has 11 nitrogen and oxygen atoms in total. The Balaban J connectivity index is 1.32. The van der Waals surface area contributed by atoms with Gasteiger partial charge in [-0.15, -0.1) is 0 Å². The summed E-state index contributed by atoms with van der Waals surface area (Å²) in [6.45, 7) is 0.404. The van der Waals surface area contributed by atoms with Gasteiger partial charge < -0.3 is 10.2 Å². The molecule has 2 aliphatic rings. The number of fused-ring (bicyclic) bond motifs is 1. The molecule has 2 aliphatic heterocycles. The molecule has 0 spiro atoms. The summed E-state index contributed by atoms with van der Waals surface area (Å²) in [5, 5.41) is 13.7. The number of carbonyl (C=O) groups is 4. The first kappa shape index (κ1) is 21.1. The first-order valence-electron chi connectivity index (χ1n) is 9.99. The molecule has 2 aromatic rings. The molecule has 0 bridgehead atoms. The van der Waals surface area contributed by atoms with E-state index in [1.54, 1.807) is 29.3 Å². The van der Waals surface area contributed by atoms with E-state index in [1.165, 1.54) is 6.07 Å². The van der Waals surface area contributed by atoms with Gasteiger partial charge in [0.1, 0.15) is 12.2 Å². The van der Waals surface area contributed by atoms with E-state index >= 15 is 0 Å². The summed E-state index contributed by atoms with van der Waals surface area (Å²) in [5.41, 5.74) is 0.0112. The van der Waals surface area contributed by atoms with E-state index < -0.39 is 29.2 Å². The Morgan fingerprint density at radius 3 is 2.47 bits per heavy atom. The van der Waals surface area contributed by atoms with Crippen molar-refractivity contribution in [2.45, 2.75) is 18.9 Å². The quantitative estimate of drug-likeness (QED) is 0.418.